The summed E-state index contributed by atoms with van der Waals surface area (Å²) >= 11 is 0. The largest absolute Gasteiger partial charge is 0.486 e. The molecule has 2 rings (SSSR count). The van der Waals surface area contributed by atoms with Crippen molar-refractivity contribution in [2.24, 2.45) is 0 Å². The average Bonchev–Trinajstić information content (AvgIpc) is 2.37. The Bertz CT molecular complexity index is 527. The zero-order valence-corrected chi connectivity index (χ0v) is 10.5. The lowest BCUT2D eigenvalue weighted by Crippen LogP contribution is -2.31. The Morgan fingerprint density at radius 3 is 2.89 bits per heavy atom. The van der Waals surface area contributed by atoms with Gasteiger partial charge in [-0.25, -0.2) is 0 Å². The van der Waals surface area contributed by atoms with E-state index < -0.39 is 17.0 Å². The Morgan fingerprint density at radius 2 is 2.26 bits per heavy atom. The minimum absolute atomic E-state index is 0.0197. The summed E-state index contributed by atoms with van der Waals surface area (Å²) in [5.74, 6) is 0.331. The second-order valence-corrected chi connectivity index (χ2v) is 4.17. The zero-order chi connectivity index (χ0) is 14.0. The molecule has 7 nitrogen and oxygen atoms in total. The summed E-state index contributed by atoms with van der Waals surface area (Å²) in [5, 5.41) is 10.8. The summed E-state index contributed by atoms with van der Waals surface area (Å²) in [4.78, 5) is 21.5. The molecular weight excluding hydrogens is 254 g/mol. The molecular formula is C12H13NO6. The number of aryl methyl sites for hydroxylation is 1. The van der Waals surface area contributed by atoms with E-state index in [1.807, 2.05) is 0 Å². The van der Waals surface area contributed by atoms with Crippen molar-refractivity contribution in [1.82, 2.24) is 0 Å². The molecule has 7 heteroatoms. The number of rotatable bonds is 3. The van der Waals surface area contributed by atoms with Crippen LogP contribution in [0, 0.1) is 17.0 Å². The molecule has 1 unspecified atom stereocenters. The monoisotopic (exact) mass is 267 g/mol. The number of ether oxygens (including phenoxy) is 3. The van der Waals surface area contributed by atoms with Gasteiger partial charge in [0.1, 0.15) is 12.7 Å². The van der Waals surface area contributed by atoms with Gasteiger partial charge in [-0.05, 0) is 13.0 Å². The summed E-state index contributed by atoms with van der Waals surface area (Å²) in [6, 6.07) is 2.87. The fourth-order valence-electron chi connectivity index (χ4n) is 1.82. The number of hydrogen-bond donors (Lipinski definition) is 0. The molecule has 0 amide bonds. The average molecular weight is 267 g/mol. The molecule has 0 spiro atoms. The lowest BCUT2D eigenvalue weighted by Gasteiger charge is -2.26. The SMILES string of the molecule is COC(=O)CC1COc2cc([N+](=O)[O-])c(C)cc2O1. The van der Waals surface area contributed by atoms with Crippen LogP contribution in [-0.4, -0.2) is 30.7 Å². The van der Waals surface area contributed by atoms with Crippen LogP contribution in [0.1, 0.15) is 12.0 Å². The number of nitrogens with zero attached hydrogens (tertiary/aromatic N) is 1. The highest BCUT2D eigenvalue weighted by Crippen LogP contribution is 2.37. The van der Waals surface area contributed by atoms with Crippen LogP contribution in [-0.2, 0) is 9.53 Å². The molecule has 0 aliphatic carbocycles. The molecule has 0 saturated heterocycles. The quantitative estimate of drug-likeness (QED) is 0.469. The molecule has 1 aliphatic heterocycles. The van der Waals surface area contributed by atoms with E-state index in [0.717, 1.165) is 0 Å². The first-order chi connectivity index (χ1) is 9.01. The molecule has 19 heavy (non-hydrogen) atoms. The molecule has 1 heterocycles. The summed E-state index contributed by atoms with van der Waals surface area (Å²) in [6.45, 7) is 1.77. The van der Waals surface area contributed by atoms with E-state index in [1.165, 1.54) is 19.2 Å². The smallest absolute Gasteiger partial charge is 0.309 e. The second-order valence-electron chi connectivity index (χ2n) is 4.17. The van der Waals surface area contributed by atoms with E-state index in [1.54, 1.807) is 6.92 Å². The standard InChI is InChI=1S/C12H13NO6/c1-7-3-11-10(5-9(7)13(15)16)18-6-8(19-11)4-12(14)17-2/h3,5,8H,4,6H2,1-2H3. The minimum Gasteiger partial charge on any atom is -0.486 e. The van der Waals surface area contributed by atoms with Gasteiger partial charge in [0.05, 0.1) is 24.5 Å². The third-order valence-corrected chi connectivity index (χ3v) is 2.80. The van der Waals surface area contributed by atoms with Gasteiger partial charge in [-0.3, -0.25) is 14.9 Å². The van der Waals surface area contributed by atoms with Crippen molar-refractivity contribution in [1.29, 1.82) is 0 Å². The van der Waals surface area contributed by atoms with E-state index in [9.17, 15) is 14.9 Å². The first-order valence-corrected chi connectivity index (χ1v) is 5.66. The van der Waals surface area contributed by atoms with E-state index in [4.69, 9.17) is 9.47 Å². The maximum Gasteiger partial charge on any atom is 0.309 e. The van der Waals surface area contributed by atoms with Crippen LogP contribution in [0.25, 0.3) is 0 Å². The van der Waals surface area contributed by atoms with Crippen molar-refractivity contribution in [2.75, 3.05) is 13.7 Å². The van der Waals surface area contributed by atoms with Crippen molar-refractivity contribution < 1.29 is 23.9 Å². The predicted octanol–water partition coefficient (Wildman–Crippen LogP) is 1.61. The van der Waals surface area contributed by atoms with Gasteiger partial charge in [0, 0.05) is 5.56 Å². The van der Waals surface area contributed by atoms with Crippen LogP contribution in [0.4, 0.5) is 5.69 Å². The molecule has 0 fully saturated rings. The first kappa shape index (κ1) is 13.1. The predicted molar refractivity (Wildman–Crippen MR) is 64.4 cm³/mol. The number of carbonyl (C=O) groups excluding carboxylic acids is 1. The van der Waals surface area contributed by atoms with Gasteiger partial charge < -0.3 is 14.2 Å². The number of hydrogen-bond acceptors (Lipinski definition) is 6. The maximum absolute atomic E-state index is 11.2. The summed E-state index contributed by atoms with van der Waals surface area (Å²) in [5.41, 5.74) is 0.458. The molecule has 0 saturated carbocycles. The fraction of sp³-hybridized carbons (Fsp3) is 0.417. The minimum atomic E-state index is -0.473. The molecule has 1 aromatic rings. The molecule has 1 aliphatic rings. The Labute approximate surface area is 109 Å². The van der Waals surface area contributed by atoms with Crippen molar-refractivity contribution in [2.45, 2.75) is 19.4 Å². The molecule has 0 radical (unpaired) electrons. The molecule has 1 atom stereocenters. The van der Waals surface area contributed by atoms with Crippen molar-refractivity contribution in [3.63, 3.8) is 0 Å². The van der Waals surface area contributed by atoms with Crippen LogP contribution < -0.4 is 9.47 Å². The van der Waals surface area contributed by atoms with Gasteiger partial charge in [0.2, 0.25) is 0 Å². The molecule has 0 N–H and O–H groups in total. The lowest BCUT2D eigenvalue weighted by atomic mass is 10.1. The molecule has 102 valence electrons. The number of benzene rings is 1. The normalized spacial score (nSPS) is 16.8. The highest BCUT2D eigenvalue weighted by molar-refractivity contribution is 5.70. The van der Waals surface area contributed by atoms with Gasteiger partial charge in [-0.1, -0.05) is 0 Å². The summed E-state index contributed by atoms with van der Waals surface area (Å²) in [7, 11) is 1.30. The lowest BCUT2D eigenvalue weighted by molar-refractivity contribution is -0.385. The molecule has 1 aromatic carbocycles. The first-order valence-electron chi connectivity index (χ1n) is 5.66. The van der Waals surface area contributed by atoms with E-state index in [-0.39, 0.29) is 18.7 Å². The van der Waals surface area contributed by atoms with Crippen LogP contribution in [0.3, 0.4) is 0 Å². The van der Waals surface area contributed by atoms with Crippen molar-refractivity contribution in [3.05, 3.63) is 27.8 Å². The van der Waals surface area contributed by atoms with Gasteiger partial charge in [-0.2, -0.15) is 0 Å². The number of nitro benzene ring substituents is 1. The topological polar surface area (TPSA) is 87.9 Å². The number of carbonyl (C=O) groups is 1. The van der Waals surface area contributed by atoms with Gasteiger partial charge in [-0.15, -0.1) is 0 Å². The Morgan fingerprint density at radius 1 is 1.53 bits per heavy atom. The number of nitro groups is 1. The molecule has 0 bridgehead atoms. The molecule has 0 aromatic heterocycles. The third-order valence-electron chi connectivity index (χ3n) is 2.80. The maximum atomic E-state index is 11.2. The number of esters is 1. The van der Waals surface area contributed by atoms with E-state index >= 15 is 0 Å². The van der Waals surface area contributed by atoms with Crippen LogP contribution in [0.5, 0.6) is 11.5 Å². The zero-order valence-electron chi connectivity index (χ0n) is 10.5. The summed E-state index contributed by atoms with van der Waals surface area (Å²) in [6.07, 6.45) is -0.368. The van der Waals surface area contributed by atoms with Crippen LogP contribution in [0.15, 0.2) is 12.1 Å². The number of fused-ring (bicyclic) bond motifs is 1. The van der Waals surface area contributed by atoms with Crippen molar-refractivity contribution in [3.8, 4) is 11.5 Å². The van der Waals surface area contributed by atoms with E-state index in [2.05, 4.69) is 4.74 Å². The summed E-state index contributed by atoms with van der Waals surface area (Å²) < 4.78 is 15.5. The van der Waals surface area contributed by atoms with Gasteiger partial charge >= 0.3 is 5.97 Å². The fourth-order valence-corrected chi connectivity index (χ4v) is 1.82. The Hall–Kier alpha value is -2.31. The highest BCUT2D eigenvalue weighted by Gasteiger charge is 2.26. The van der Waals surface area contributed by atoms with Crippen LogP contribution in [0.2, 0.25) is 0 Å². The third kappa shape index (κ3) is 2.75. The Balaban J connectivity index is 2.20. The second kappa shape index (κ2) is 5.13. The Kier molecular flexibility index (Phi) is 3.55. The van der Waals surface area contributed by atoms with E-state index in [0.29, 0.717) is 17.1 Å². The van der Waals surface area contributed by atoms with Crippen molar-refractivity contribution >= 4 is 11.7 Å². The number of methoxy groups -OCH3 is 1. The van der Waals surface area contributed by atoms with Gasteiger partial charge in [0.15, 0.2) is 11.5 Å². The van der Waals surface area contributed by atoms with Gasteiger partial charge in [0.25, 0.3) is 5.69 Å². The van der Waals surface area contributed by atoms with Crippen LogP contribution >= 0.6 is 0 Å². The highest BCUT2D eigenvalue weighted by atomic mass is 16.6.